The monoisotopic (exact) mass is 432 g/mol. The van der Waals surface area contributed by atoms with Gasteiger partial charge in [0.05, 0.1) is 4.90 Å². The first-order valence-corrected chi connectivity index (χ1v) is 11.1. The van der Waals surface area contributed by atoms with Crippen molar-refractivity contribution in [3.63, 3.8) is 0 Å². The second-order valence-corrected chi connectivity index (χ2v) is 9.04. The SMILES string of the molecule is O=C1C[C@H](CNS(=O)(=O)c2ccc3c(c2)OCCO3)CN1c1ccc2c(c1)OCO2. The molecule has 3 aliphatic heterocycles. The molecule has 158 valence electrons. The normalized spacial score (nSPS) is 19.9. The van der Waals surface area contributed by atoms with Crippen LogP contribution in [0.15, 0.2) is 41.3 Å². The van der Waals surface area contributed by atoms with Gasteiger partial charge in [0.2, 0.25) is 22.7 Å². The van der Waals surface area contributed by atoms with Crippen LogP contribution in [0.2, 0.25) is 0 Å². The van der Waals surface area contributed by atoms with Crippen LogP contribution in [0.1, 0.15) is 6.42 Å². The Kier molecular flexibility index (Phi) is 4.67. The number of anilines is 1. The van der Waals surface area contributed by atoms with E-state index < -0.39 is 10.0 Å². The van der Waals surface area contributed by atoms with Crippen molar-refractivity contribution in [1.29, 1.82) is 0 Å². The number of fused-ring (bicyclic) bond motifs is 2. The first-order valence-electron chi connectivity index (χ1n) is 9.59. The molecule has 2 aromatic rings. The van der Waals surface area contributed by atoms with Crippen LogP contribution in [0.3, 0.4) is 0 Å². The maximum Gasteiger partial charge on any atom is 0.240 e. The Morgan fingerprint density at radius 3 is 2.50 bits per heavy atom. The van der Waals surface area contributed by atoms with Crippen molar-refractivity contribution in [2.45, 2.75) is 11.3 Å². The summed E-state index contributed by atoms with van der Waals surface area (Å²) >= 11 is 0. The number of nitrogens with zero attached hydrogens (tertiary/aromatic N) is 1. The van der Waals surface area contributed by atoms with Crippen LogP contribution in [0.25, 0.3) is 0 Å². The Balaban J connectivity index is 1.25. The highest BCUT2D eigenvalue weighted by molar-refractivity contribution is 7.89. The van der Waals surface area contributed by atoms with Crippen LogP contribution in [0.4, 0.5) is 5.69 Å². The van der Waals surface area contributed by atoms with Crippen molar-refractivity contribution >= 4 is 21.6 Å². The van der Waals surface area contributed by atoms with E-state index in [0.29, 0.717) is 48.4 Å². The summed E-state index contributed by atoms with van der Waals surface area (Å²) in [6.07, 6.45) is 0.262. The van der Waals surface area contributed by atoms with Crippen molar-refractivity contribution < 1.29 is 32.2 Å². The highest BCUT2D eigenvalue weighted by atomic mass is 32.2. The first kappa shape index (κ1) is 19.0. The molecule has 2 aromatic carbocycles. The van der Waals surface area contributed by atoms with E-state index in [2.05, 4.69) is 4.72 Å². The molecule has 5 rings (SSSR count). The van der Waals surface area contributed by atoms with Gasteiger partial charge in [0.25, 0.3) is 0 Å². The molecule has 1 saturated heterocycles. The van der Waals surface area contributed by atoms with Gasteiger partial charge in [0, 0.05) is 37.3 Å². The number of nitrogens with one attached hydrogen (secondary N) is 1. The molecule has 1 amide bonds. The topological polar surface area (TPSA) is 103 Å². The summed E-state index contributed by atoms with van der Waals surface area (Å²) < 4.78 is 49.6. The maximum absolute atomic E-state index is 12.7. The summed E-state index contributed by atoms with van der Waals surface area (Å²) in [7, 11) is -3.74. The maximum atomic E-state index is 12.7. The summed E-state index contributed by atoms with van der Waals surface area (Å²) in [6.45, 7) is 1.55. The highest BCUT2D eigenvalue weighted by Crippen LogP contribution is 2.37. The van der Waals surface area contributed by atoms with Crippen LogP contribution in [-0.4, -0.2) is 47.4 Å². The lowest BCUT2D eigenvalue weighted by atomic mass is 10.1. The number of carbonyl (C=O) groups is 1. The Bertz CT molecular complexity index is 1100. The fourth-order valence-corrected chi connectivity index (χ4v) is 4.85. The molecule has 0 saturated carbocycles. The zero-order valence-corrected chi connectivity index (χ0v) is 16.8. The second-order valence-electron chi connectivity index (χ2n) is 7.27. The van der Waals surface area contributed by atoms with E-state index in [1.165, 1.54) is 12.1 Å². The van der Waals surface area contributed by atoms with Gasteiger partial charge in [-0.1, -0.05) is 0 Å². The van der Waals surface area contributed by atoms with Gasteiger partial charge in [0.1, 0.15) is 13.2 Å². The molecule has 1 N–H and O–H groups in total. The molecule has 1 fully saturated rings. The molecule has 10 heteroatoms. The van der Waals surface area contributed by atoms with Gasteiger partial charge in [-0.15, -0.1) is 0 Å². The third-order valence-electron chi connectivity index (χ3n) is 5.26. The van der Waals surface area contributed by atoms with E-state index in [9.17, 15) is 13.2 Å². The Labute approximate surface area is 173 Å². The van der Waals surface area contributed by atoms with Crippen molar-refractivity contribution in [1.82, 2.24) is 4.72 Å². The summed E-state index contributed by atoms with van der Waals surface area (Å²) in [4.78, 5) is 14.2. The Morgan fingerprint density at radius 1 is 0.933 bits per heavy atom. The molecule has 3 aliphatic rings. The molecule has 0 unspecified atom stereocenters. The number of hydrogen-bond acceptors (Lipinski definition) is 7. The molecule has 0 aromatic heterocycles. The molecule has 9 nitrogen and oxygen atoms in total. The van der Waals surface area contributed by atoms with Crippen LogP contribution < -0.4 is 28.6 Å². The largest absolute Gasteiger partial charge is 0.486 e. The van der Waals surface area contributed by atoms with Gasteiger partial charge in [-0.2, -0.15) is 0 Å². The van der Waals surface area contributed by atoms with Crippen LogP contribution in [-0.2, 0) is 14.8 Å². The zero-order valence-electron chi connectivity index (χ0n) is 16.0. The molecular formula is C20H20N2O7S. The molecule has 30 heavy (non-hydrogen) atoms. The molecule has 0 bridgehead atoms. The van der Waals surface area contributed by atoms with E-state index in [-0.39, 0.29) is 36.5 Å². The molecule has 0 spiro atoms. The highest BCUT2D eigenvalue weighted by Gasteiger charge is 2.32. The molecule has 0 aliphatic carbocycles. The molecule has 1 atom stereocenters. The van der Waals surface area contributed by atoms with Gasteiger partial charge in [-0.05, 0) is 30.2 Å². The summed E-state index contributed by atoms with van der Waals surface area (Å²) in [5.74, 6) is 1.99. The Morgan fingerprint density at radius 2 is 1.63 bits per heavy atom. The standard InChI is InChI=1S/C20H20N2O7S/c23-20-7-13(11-22(20)14-1-3-17-18(8-14)29-12-28-17)10-21-30(24,25)15-2-4-16-19(9-15)27-6-5-26-16/h1-4,8-9,13,21H,5-7,10-12H2/t13-/m1/s1. The molecule has 0 radical (unpaired) electrons. The van der Waals surface area contributed by atoms with Crippen LogP contribution in [0.5, 0.6) is 23.0 Å². The fraction of sp³-hybridized carbons (Fsp3) is 0.350. The molecular weight excluding hydrogens is 412 g/mol. The van der Waals surface area contributed by atoms with Gasteiger partial charge in [-0.3, -0.25) is 4.79 Å². The fourth-order valence-electron chi connectivity index (χ4n) is 3.72. The third-order valence-corrected chi connectivity index (χ3v) is 6.68. The lowest BCUT2D eigenvalue weighted by Crippen LogP contribution is -2.31. The van der Waals surface area contributed by atoms with E-state index >= 15 is 0 Å². The minimum Gasteiger partial charge on any atom is -0.486 e. The van der Waals surface area contributed by atoms with E-state index in [4.69, 9.17) is 18.9 Å². The predicted molar refractivity (Wildman–Crippen MR) is 106 cm³/mol. The average molecular weight is 432 g/mol. The third kappa shape index (κ3) is 3.52. The number of benzene rings is 2. The van der Waals surface area contributed by atoms with Gasteiger partial charge in [-0.25, -0.2) is 13.1 Å². The van der Waals surface area contributed by atoms with Gasteiger partial charge >= 0.3 is 0 Å². The number of rotatable bonds is 5. The summed E-state index contributed by atoms with van der Waals surface area (Å²) in [5, 5.41) is 0. The number of carbonyl (C=O) groups excluding carboxylic acids is 1. The molecule has 3 heterocycles. The van der Waals surface area contributed by atoms with Crippen LogP contribution in [0, 0.1) is 5.92 Å². The van der Waals surface area contributed by atoms with E-state index in [1.807, 2.05) is 0 Å². The Hall–Kier alpha value is -2.98. The van der Waals surface area contributed by atoms with Crippen molar-refractivity contribution in [2.24, 2.45) is 5.92 Å². The average Bonchev–Trinajstić information content (AvgIpc) is 3.37. The van der Waals surface area contributed by atoms with Gasteiger partial charge in [0.15, 0.2) is 23.0 Å². The van der Waals surface area contributed by atoms with Crippen molar-refractivity contribution in [2.75, 3.05) is 38.0 Å². The number of amides is 1. The minimum absolute atomic E-state index is 0.0580. The van der Waals surface area contributed by atoms with E-state index in [1.54, 1.807) is 29.2 Å². The van der Waals surface area contributed by atoms with Crippen LogP contribution >= 0.6 is 0 Å². The number of hydrogen-bond donors (Lipinski definition) is 1. The van der Waals surface area contributed by atoms with Crippen molar-refractivity contribution in [3.8, 4) is 23.0 Å². The predicted octanol–water partition coefficient (Wildman–Crippen LogP) is 1.52. The van der Waals surface area contributed by atoms with E-state index in [0.717, 1.165) is 0 Å². The van der Waals surface area contributed by atoms with Gasteiger partial charge < -0.3 is 23.8 Å². The first-order chi connectivity index (χ1) is 14.5. The zero-order chi connectivity index (χ0) is 20.7. The summed E-state index contributed by atoms with van der Waals surface area (Å²) in [6, 6.07) is 9.85. The second kappa shape index (κ2) is 7.37. The summed E-state index contributed by atoms with van der Waals surface area (Å²) in [5.41, 5.74) is 0.710. The lowest BCUT2D eigenvalue weighted by Gasteiger charge is -2.19. The number of sulfonamides is 1. The lowest BCUT2D eigenvalue weighted by molar-refractivity contribution is -0.117. The smallest absolute Gasteiger partial charge is 0.240 e. The quantitative estimate of drug-likeness (QED) is 0.764. The van der Waals surface area contributed by atoms with Crippen molar-refractivity contribution in [3.05, 3.63) is 36.4 Å². The number of ether oxygens (including phenoxy) is 4. The minimum atomic E-state index is -3.74.